The molecule has 1 amide bonds. The predicted molar refractivity (Wildman–Crippen MR) is 98.5 cm³/mol. The van der Waals surface area contributed by atoms with Crippen LogP contribution < -0.4 is 5.32 Å². The number of rotatable bonds is 6. The number of carbonyl (C=O) groups excluding carboxylic acids is 1. The number of benzene rings is 2. The number of aliphatic carboxylic acids is 1. The molecule has 138 valence electrons. The molecule has 4 nitrogen and oxygen atoms in total. The summed E-state index contributed by atoms with van der Waals surface area (Å²) in [5.41, 5.74) is 2.65. The van der Waals surface area contributed by atoms with E-state index in [9.17, 15) is 19.1 Å². The van der Waals surface area contributed by atoms with Gasteiger partial charge in [0.2, 0.25) is 5.91 Å². The molecule has 2 aromatic carbocycles. The number of nitrogens with one attached hydrogen (secondary N) is 1. The Kier molecular flexibility index (Phi) is 6.14. The van der Waals surface area contributed by atoms with E-state index in [1.54, 1.807) is 0 Å². The highest BCUT2D eigenvalue weighted by Crippen LogP contribution is 2.22. The molecule has 0 heterocycles. The summed E-state index contributed by atoms with van der Waals surface area (Å²) < 4.78 is 12.9. The lowest BCUT2D eigenvalue weighted by Crippen LogP contribution is -2.43. The van der Waals surface area contributed by atoms with Gasteiger partial charge in [0.25, 0.3) is 0 Å². The average Bonchev–Trinajstić information content (AvgIpc) is 2.56. The summed E-state index contributed by atoms with van der Waals surface area (Å²) >= 11 is 0. The van der Waals surface area contributed by atoms with Gasteiger partial charge in [0, 0.05) is 6.42 Å². The van der Waals surface area contributed by atoms with Gasteiger partial charge in [-0.1, -0.05) is 57.2 Å². The Morgan fingerprint density at radius 3 is 2.04 bits per heavy atom. The monoisotopic (exact) mass is 357 g/mol. The largest absolute Gasteiger partial charge is 0.480 e. The Bertz CT molecular complexity index is 761. The minimum Gasteiger partial charge on any atom is -0.480 e. The maximum Gasteiger partial charge on any atom is 0.326 e. The number of carboxylic acids is 1. The molecule has 0 radical (unpaired) electrons. The first-order valence-electron chi connectivity index (χ1n) is 8.51. The molecule has 0 aliphatic carbocycles. The van der Waals surface area contributed by atoms with E-state index in [1.165, 1.54) is 24.3 Å². The first kappa shape index (κ1) is 19.6. The molecule has 5 heteroatoms. The SMILES string of the molecule is CC(C)(C)c1ccc(C[C@H](NC(=O)Cc2ccc(F)cc2)C(=O)O)cc1. The molecule has 0 bridgehead atoms. The fourth-order valence-corrected chi connectivity index (χ4v) is 2.61. The van der Waals surface area contributed by atoms with Crippen LogP contribution >= 0.6 is 0 Å². The van der Waals surface area contributed by atoms with Crippen molar-refractivity contribution in [3.8, 4) is 0 Å². The highest BCUT2D eigenvalue weighted by molar-refractivity contribution is 5.85. The minimum absolute atomic E-state index is 0.00697. The molecule has 26 heavy (non-hydrogen) atoms. The number of amides is 1. The third-order valence-corrected chi connectivity index (χ3v) is 4.17. The highest BCUT2D eigenvalue weighted by atomic mass is 19.1. The maximum atomic E-state index is 12.9. The molecule has 0 unspecified atom stereocenters. The molecule has 1 atom stereocenters. The second-order valence-corrected chi connectivity index (χ2v) is 7.41. The molecular weight excluding hydrogens is 333 g/mol. The second-order valence-electron chi connectivity index (χ2n) is 7.41. The molecule has 2 aromatic rings. The van der Waals surface area contributed by atoms with Crippen LogP contribution in [0.4, 0.5) is 4.39 Å². The smallest absolute Gasteiger partial charge is 0.326 e. The van der Waals surface area contributed by atoms with Crippen molar-refractivity contribution >= 4 is 11.9 Å². The van der Waals surface area contributed by atoms with Crippen LogP contribution in [0.2, 0.25) is 0 Å². The lowest BCUT2D eigenvalue weighted by atomic mass is 9.86. The minimum atomic E-state index is -1.09. The van der Waals surface area contributed by atoms with E-state index >= 15 is 0 Å². The van der Waals surface area contributed by atoms with Gasteiger partial charge in [0.15, 0.2) is 0 Å². The third kappa shape index (κ3) is 5.69. The van der Waals surface area contributed by atoms with Crippen LogP contribution in [0.15, 0.2) is 48.5 Å². The van der Waals surface area contributed by atoms with Gasteiger partial charge < -0.3 is 10.4 Å². The molecule has 2 rings (SSSR count). The molecule has 0 aliphatic rings. The van der Waals surface area contributed by atoms with Crippen molar-refractivity contribution in [2.45, 2.75) is 45.1 Å². The average molecular weight is 357 g/mol. The Morgan fingerprint density at radius 2 is 1.54 bits per heavy atom. The molecule has 0 fully saturated rings. The van der Waals surface area contributed by atoms with Gasteiger partial charge in [0.05, 0.1) is 6.42 Å². The van der Waals surface area contributed by atoms with Crippen LogP contribution in [0.5, 0.6) is 0 Å². The Hall–Kier alpha value is -2.69. The van der Waals surface area contributed by atoms with Crippen LogP contribution in [-0.2, 0) is 27.8 Å². The molecule has 0 spiro atoms. The summed E-state index contributed by atoms with van der Waals surface area (Å²) in [6.45, 7) is 6.33. The van der Waals surface area contributed by atoms with E-state index in [0.29, 0.717) is 5.56 Å². The van der Waals surface area contributed by atoms with Gasteiger partial charge in [-0.25, -0.2) is 9.18 Å². The van der Waals surface area contributed by atoms with Gasteiger partial charge in [0.1, 0.15) is 11.9 Å². The fraction of sp³-hybridized carbons (Fsp3) is 0.333. The molecule has 2 N–H and O–H groups in total. The number of carboxylic acid groups (broad SMARTS) is 1. The van der Waals surface area contributed by atoms with Crippen LogP contribution in [0.3, 0.4) is 0 Å². The highest BCUT2D eigenvalue weighted by Gasteiger charge is 2.21. The number of hydrogen-bond donors (Lipinski definition) is 2. The Balaban J connectivity index is 2.01. The molecule has 0 aliphatic heterocycles. The fourth-order valence-electron chi connectivity index (χ4n) is 2.61. The maximum absolute atomic E-state index is 12.9. The van der Waals surface area contributed by atoms with Crippen molar-refractivity contribution in [3.63, 3.8) is 0 Å². The van der Waals surface area contributed by atoms with Crippen LogP contribution in [0.25, 0.3) is 0 Å². The summed E-state index contributed by atoms with van der Waals surface area (Å²) in [6.07, 6.45) is 0.210. The zero-order valence-corrected chi connectivity index (χ0v) is 15.3. The van der Waals surface area contributed by atoms with E-state index in [4.69, 9.17) is 0 Å². The Labute approximate surface area is 153 Å². The number of hydrogen-bond acceptors (Lipinski definition) is 2. The third-order valence-electron chi connectivity index (χ3n) is 4.17. The van der Waals surface area contributed by atoms with Crippen LogP contribution in [-0.4, -0.2) is 23.0 Å². The molecule has 0 saturated heterocycles. The van der Waals surface area contributed by atoms with Crippen molar-refractivity contribution in [1.29, 1.82) is 0 Å². The van der Waals surface area contributed by atoms with E-state index in [2.05, 4.69) is 26.1 Å². The van der Waals surface area contributed by atoms with Crippen molar-refractivity contribution in [2.75, 3.05) is 0 Å². The van der Waals surface area contributed by atoms with Crippen molar-refractivity contribution in [1.82, 2.24) is 5.32 Å². The van der Waals surface area contributed by atoms with E-state index < -0.39 is 17.9 Å². The van der Waals surface area contributed by atoms with Gasteiger partial charge in [-0.15, -0.1) is 0 Å². The zero-order chi connectivity index (χ0) is 19.3. The summed E-state index contributed by atoms with van der Waals surface area (Å²) in [5, 5.41) is 11.9. The molecular formula is C21H24FNO3. The first-order chi connectivity index (χ1) is 12.1. The number of halogens is 1. The second kappa shape index (κ2) is 8.13. The lowest BCUT2D eigenvalue weighted by Gasteiger charge is -2.20. The van der Waals surface area contributed by atoms with E-state index in [-0.39, 0.29) is 24.1 Å². The van der Waals surface area contributed by atoms with Crippen molar-refractivity contribution in [2.24, 2.45) is 0 Å². The first-order valence-corrected chi connectivity index (χ1v) is 8.51. The summed E-state index contributed by atoms with van der Waals surface area (Å²) in [4.78, 5) is 23.6. The topological polar surface area (TPSA) is 66.4 Å². The van der Waals surface area contributed by atoms with Crippen LogP contribution in [0.1, 0.15) is 37.5 Å². The molecule has 0 aromatic heterocycles. The quantitative estimate of drug-likeness (QED) is 0.832. The van der Waals surface area contributed by atoms with Crippen LogP contribution in [0, 0.1) is 5.82 Å². The van der Waals surface area contributed by atoms with Gasteiger partial charge in [-0.05, 0) is 34.2 Å². The molecule has 0 saturated carbocycles. The number of carbonyl (C=O) groups is 2. The predicted octanol–water partition coefficient (Wildman–Crippen LogP) is 3.48. The van der Waals surface area contributed by atoms with E-state index in [1.807, 2.05) is 24.3 Å². The lowest BCUT2D eigenvalue weighted by molar-refractivity contribution is -0.141. The van der Waals surface area contributed by atoms with E-state index in [0.717, 1.165) is 11.1 Å². The normalized spacial score (nSPS) is 12.5. The van der Waals surface area contributed by atoms with Gasteiger partial charge in [-0.2, -0.15) is 0 Å². The van der Waals surface area contributed by atoms with Crippen molar-refractivity contribution in [3.05, 3.63) is 71.0 Å². The summed E-state index contributed by atoms with van der Waals surface area (Å²) in [7, 11) is 0. The van der Waals surface area contributed by atoms with Gasteiger partial charge >= 0.3 is 5.97 Å². The van der Waals surface area contributed by atoms with Gasteiger partial charge in [-0.3, -0.25) is 4.79 Å². The Morgan fingerprint density at radius 1 is 1.00 bits per heavy atom. The summed E-state index contributed by atoms with van der Waals surface area (Å²) in [6, 6.07) is 12.3. The standard InChI is InChI=1S/C21H24FNO3/c1-21(2,3)16-8-4-14(5-9-16)12-18(20(25)26)23-19(24)13-15-6-10-17(22)11-7-15/h4-11,18H,12-13H2,1-3H3,(H,23,24)(H,25,26)/t18-/m0/s1. The van der Waals surface area contributed by atoms with Crippen molar-refractivity contribution < 1.29 is 19.1 Å². The zero-order valence-electron chi connectivity index (χ0n) is 15.3. The summed E-state index contributed by atoms with van der Waals surface area (Å²) in [5.74, 6) is -1.87.